The number of rotatable bonds is 3. The maximum absolute atomic E-state index is 11.3. The summed E-state index contributed by atoms with van der Waals surface area (Å²) in [7, 11) is 3.61. The van der Waals surface area contributed by atoms with Crippen LogP contribution < -0.4 is 15.2 Å². The van der Waals surface area contributed by atoms with Crippen LogP contribution in [0.2, 0.25) is 0 Å². The van der Waals surface area contributed by atoms with E-state index >= 15 is 0 Å². The molecule has 13 heavy (non-hydrogen) atoms. The summed E-state index contributed by atoms with van der Waals surface area (Å²) in [5, 5.41) is 0. The van der Waals surface area contributed by atoms with E-state index in [1.807, 2.05) is 6.92 Å². The van der Waals surface area contributed by atoms with Crippen LogP contribution in [0.3, 0.4) is 0 Å². The molecule has 0 amide bonds. The second-order valence-corrected chi connectivity index (χ2v) is 2.73. The number of ether oxygens (including phenoxy) is 1. The molecule has 0 saturated carbocycles. The number of H-pyrrole nitrogens is 1. The van der Waals surface area contributed by atoms with E-state index in [1.54, 1.807) is 19.0 Å². The van der Waals surface area contributed by atoms with Gasteiger partial charge < -0.3 is 9.64 Å². The van der Waals surface area contributed by atoms with Gasteiger partial charge in [-0.2, -0.15) is 0 Å². The SMILES string of the molecule is CCOc1cnc(N(C)C)[nH]c1=O. The molecule has 1 rings (SSSR count). The van der Waals surface area contributed by atoms with E-state index in [-0.39, 0.29) is 11.3 Å². The summed E-state index contributed by atoms with van der Waals surface area (Å²) in [6.07, 6.45) is 1.43. The Morgan fingerprint density at radius 2 is 2.31 bits per heavy atom. The van der Waals surface area contributed by atoms with Crippen LogP contribution in [0.4, 0.5) is 5.95 Å². The van der Waals surface area contributed by atoms with Gasteiger partial charge in [0, 0.05) is 14.1 Å². The number of hydrogen-bond donors (Lipinski definition) is 1. The number of aromatic nitrogens is 2. The summed E-state index contributed by atoms with van der Waals surface area (Å²) < 4.78 is 5.05. The molecular weight excluding hydrogens is 170 g/mol. The first-order valence-corrected chi connectivity index (χ1v) is 4.04. The van der Waals surface area contributed by atoms with Gasteiger partial charge in [0.05, 0.1) is 12.8 Å². The van der Waals surface area contributed by atoms with Gasteiger partial charge in [0.15, 0.2) is 0 Å². The van der Waals surface area contributed by atoms with Crippen LogP contribution in [0.15, 0.2) is 11.0 Å². The third kappa shape index (κ3) is 2.21. The van der Waals surface area contributed by atoms with Gasteiger partial charge in [0.25, 0.3) is 5.56 Å². The van der Waals surface area contributed by atoms with Crippen LogP contribution in [-0.4, -0.2) is 30.7 Å². The first-order chi connectivity index (χ1) is 6.15. The van der Waals surface area contributed by atoms with Crippen molar-refractivity contribution in [1.29, 1.82) is 0 Å². The van der Waals surface area contributed by atoms with Crippen molar-refractivity contribution in [3.63, 3.8) is 0 Å². The fourth-order valence-electron chi connectivity index (χ4n) is 0.859. The van der Waals surface area contributed by atoms with E-state index in [4.69, 9.17) is 4.74 Å². The molecule has 0 radical (unpaired) electrons. The molecule has 5 nitrogen and oxygen atoms in total. The van der Waals surface area contributed by atoms with Crippen molar-refractivity contribution in [1.82, 2.24) is 9.97 Å². The first-order valence-electron chi connectivity index (χ1n) is 4.04. The van der Waals surface area contributed by atoms with E-state index in [2.05, 4.69) is 9.97 Å². The van der Waals surface area contributed by atoms with Gasteiger partial charge in [0.2, 0.25) is 11.7 Å². The van der Waals surface area contributed by atoms with Crippen molar-refractivity contribution in [2.24, 2.45) is 0 Å². The fourth-order valence-corrected chi connectivity index (χ4v) is 0.859. The van der Waals surface area contributed by atoms with E-state index in [0.717, 1.165) is 0 Å². The molecule has 0 spiro atoms. The third-order valence-electron chi connectivity index (χ3n) is 1.48. The van der Waals surface area contributed by atoms with Gasteiger partial charge in [-0.25, -0.2) is 4.98 Å². The van der Waals surface area contributed by atoms with Crippen LogP contribution in [0.25, 0.3) is 0 Å². The number of anilines is 1. The molecule has 0 saturated heterocycles. The zero-order valence-electron chi connectivity index (χ0n) is 8.00. The molecule has 5 heteroatoms. The smallest absolute Gasteiger partial charge is 0.294 e. The lowest BCUT2D eigenvalue weighted by Gasteiger charge is -2.10. The third-order valence-corrected chi connectivity index (χ3v) is 1.48. The Morgan fingerprint density at radius 1 is 1.62 bits per heavy atom. The largest absolute Gasteiger partial charge is 0.487 e. The normalized spacial score (nSPS) is 9.77. The van der Waals surface area contributed by atoms with Crippen LogP contribution in [0, 0.1) is 0 Å². The Kier molecular flexibility index (Phi) is 2.89. The number of nitrogens with one attached hydrogen (secondary N) is 1. The first kappa shape index (κ1) is 9.57. The topological polar surface area (TPSA) is 58.2 Å². The standard InChI is InChI=1S/C8H13N3O2/c1-4-13-6-5-9-8(11(2)3)10-7(6)12/h5H,4H2,1-3H3,(H,9,10,12). The predicted octanol–water partition coefficient (Wildman–Crippen LogP) is 0.235. The average molecular weight is 183 g/mol. The molecule has 0 aromatic carbocycles. The summed E-state index contributed by atoms with van der Waals surface area (Å²) in [5.41, 5.74) is -0.249. The molecule has 0 aliphatic carbocycles. The Hall–Kier alpha value is -1.52. The minimum absolute atomic E-state index is 0.249. The molecule has 1 heterocycles. The highest BCUT2D eigenvalue weighted by molar-refractivity contribution is 5.28. The van der Waals surface area contributed by atoms with Crippen LogP contribution in [0.1, 0.15) is 6.92 Å². The lowest BCUT2D eigenvalue weighted by Crippen LogP contribution is -2.19. The Morgan fingerprint density at radius 3 is 2.77 bits per heavy atom. The Balaban J connectivity index is 2.99. The summed E-state index contributed by atoms with van der Waals surface area (Å²) in [6, 6.07) is 0. The predicted molar refractivity (Wildman–Crippen MR) is 50.4 cm³/mol. The Labute approximate surface area is 76.4 Å². The summed E-state index contributed by atoms with van der Waals surface area (Å²) in [5.74, 6) is 0.779. The quantitative estimate of drug-likeness (QED) is 0.729. The molecular formula is C8H13N3O2. The number of aromatic amines is 1. The highest BCUT2D eigenvalue weighted by Crippen LogP contribution is 2.03. The molecule has 0 atom stereocenters. The van der Waals surface area contributed by atoms with Gasteiger partial charge >= 0.3 is 0 Å². The summed E-state index contributed by atoms with van der Waals surface area (Å²) in [4.78, 5) is 19.6. The minimum atomic E-state index is -0.249. The van der Waals surface area contributed by atoms with Gasteiger partial charge in [-0.3, -0.25) is 9.78 Å². The van der Waals surface area contributed by atoms with Gasteiger partial charge in [-0.15, -0.1) is 0 Å². The van der Waals surface area contributed by atoms with Crippen molar-refractivity contribution in [2.45, 2.75) is 6.92 Å². The van der Waals surface area contributed by atoms with Crippen molar-refractivity contribution < 1.29 is 4.74 Å². The van der Waals surface area contributed by atoms with Crippen molar-refractivity contribution in [3.05, 3.63) is 16.6 Å². The van der Waals surface area contributed by atoms with E-state index in [1.165, 1.54) is 6.20 Å². The maximum atomic E-state index is 11.3. The minimum Gasteiger partial charge on any atom is -0.487 e. The summed E-state index contributed by atoms with van der Waals surface area (Å²) in [6.45, 7) is 2.28. The molecule has 72 valence electrons. The van der Waals surface area contributed by atoms with Crippen LogP contribution >= 0.6 is 0 Å². The number of hydrogen-bond acceptors (Lipinski definition) is 4. The molecule has 1 N–H and O–H groups in total. The van der Waals surface area contributed by atoms with Crippen molar-refractivity contribution in [3.8, 4) is 5.75 Å². The fraction of sp³-hybridized carbons (Fsp3) is 0.500. The molecule has 1 aromatic rings. The lowest BCUT2D eigenvalue weighted by molar-refractivity contribution is 0.333. The second-order valence-electron chi connectivity index (χ2n) is 2.73. The molecule has 0 unspecified atom stereocenters. The van der Waals surface area contributed by atoms with E-state index in [9.17, 15) is 4.79 Å². The molecule has 0 aliphatic heterocycles. The molecule has 0 fully saturated rings. The van der Waals surface area contributed by atoms with Gasteiger partial charge in [-0.05, 0) is 6.92 Å². The van der Waals surface area contributed by atoms with Crippen LogP contribution in [0.5, 0.6) is 5.75 Å². The zero-order chi connectivity index (χ0) is 9.84. The monoisotopic (exact) mass is 183 g/mol. The molecule has 1 aromatic heterocycles. The zero-order valence-corrected chi connectivity index (χ0v) is 8.00. The lowest BCUT2D eigenvalue weighted by atomic mass is 10.6. The number of nitrogens with zero attached hydrogens (tertiary/aromatic N) is 2. The second kappa shape index (κ2) is 3.93. The average Bonchev–Trinajstić information content (AvgIpc) is 2.08. The highest BCUT2D eigenvalue weighted by Gasteiger charge is 2.03. The van der Waals surface area contributed by atoms with Crippen molar-refractivity contribution >= 4 is 5.95 Å². The van der Waals surface area contributed by atoms with E-state index in [0.29, 0.717) is 12.6 Å². The molecule has 0 aliphatic rings. The summed E-state index contributed by atoms with van der Waals surface area (Å²) >= 11 is 0. The van der Waals surface area contributed by atoms with Gasteiger partial charge in [-0.1, -0.05) is 0 Å². The van der Waals surface area contributed by atoms with Crippen molar-refractivity contribution in [2.75, 3.05) is 25.6 Å². The highest BCUT2D eigenvalue weighted by atomic mass is 16.5. The maximum Gasteiger partial charge on any atom is 0.294 e. The molecule has 0 bridgehead atoms. The van der Waals surface area contributed by atoms with Crippen LogP contribution in [-0.2, 0) is 0 Å². The van der Waals surface area contributed by atoms with Gasteiger partial charge in [0.1, 0.15) is 0 Å². The Bertz CT molecular complexity index is 332. The van der Waals surface area contributed by atoms with E-state index < -0.39 is 0 Å².